The summed E-state index contributed by atoms with van der Waals surface area (Å²) >= 11 is 0. The first kappa shape index (κ1) is 14.5. The molecule has 0 aromatic carbocycles. The molecule has 0 fully saturated rings. The minimum Gasteiger partial charge on any atom is -0.312 e. The Morgan fingerprint density at radius 1 is 1.33 bits per heavy atom. The van der Waals surface area contributed by atoms with Crippen LogP contribution in [0, 0.1) is 11.3 Å². The second-order valence-corrected chi connectivity index (χ2v) is 4.94. The molecule has 0 atom stereocenters. The fourth-order valence-electron chi connectivity index (χ4n) is 2.11. The standard InChI is InChI=1S/C15H22N2O/c1-4-5-6-11-17-14(12(2)3)8-7-13(9-10-16)15(17)18/h7-8,12H,4-6,9,11H2,1-3H3. The van der Waals surface area contributed by atoms with Crippen LogP contribution >= 0.6 is 0 Å². The van der Waals surface area contributed by atoms with Crippen molar-refractivity contribution in [2.45, 2.75) is 58.9 Å². The molecule has 18 heavy (non-hydrogen) atoms. The molecular formula is C15H22N2O. The monoisotopic (exact) mass is 246 g/mol. The van der Waals surface area contributed by atoms with Crippen LogP contribution in [0.25, 0.3) is 0 Å². The molecule has 3 nitrogen and oxygen atoms in total. The molecule has 0 spiro atoms. The van der Waals surface area contributed by atoms with Gasteiger partial charge in [-0.15, -0.1) is 0 Å². The van der Waals surface area contributed by atoms with E-state index >= 15 is 0 Å². The number of nitriles is 1. The maximum atomic E-state index is 12.3. The molecule has 0 bridgehead atoms. The number of hydrogen-bond acceptors (Lipinski definition) is 2. The molecule has 0 unspecified atom stereocenters. The Bertz CT molecular complexity index is 480. The highest BCUT2D eigenvalue weighted by Gasteiger charge is 2.10. The highest BCUT2D eigenvalue weighted by molar-refractivity contribution is 5.20. The summed E-state index contributed by atoms with van der Waals surface area (Å²) in [6.45, 7) is 7.10. The summed E-state index contributed by atoms with van der Waals surface area (Å²) in [5, 5.41) is 8.73. The maximum absolute atomic E-state index is 12.3. The van der Waals surface area contributed by atoms with Crippen LogP contribution in [-0.4, -0.2) is 4.57 Å². The third kappa shape index (κ3) is 3.46. The van der Waals surface area contributed by atoms with Gasteiger partial charge in [-0.3, -0.25) is 4.79 Å². The molecule has 1 heterocycles. The summed E-state index contributed by atoms with van der Waals surface area (Å²) in [5.74, 6) is 0.329. The molecule has 0 saturated heterocycles. The fourth-order valence-corrected chi connectivity index (χ4v) is 2.11. The molecule has 0 aliphatic heterocycles. The highest BCUT2D eigenvalue weighted by atomic mass is 16.1. The van der Waals surface area contributed by atoms with E-state index in [0.29, 0.717) is 11.5 Å². The van der Waals surface area contributed by atoms with Crippen LogP contribution in [0.2, 0.25) is 0 Å². The van der Waals surface area contributed by atoms with Crippen molar-refractivity contribution in [3.05, 3.63) is 33.7 Å². The normalized spacial score (nSPS) is 10.6. The molecule has 0 aliphatic rings. The summed E-state index contributed by atoms with van der Waals surface area (Å²) in [6.07, 6.45) is 3.49. The zero-order valence-corrected chi connectivity index (χ0v) is 11.6. The molecule has 0 saturated carbocycles. The van der Waals surface area contributed by atoms with Crippen molar-refractivity contribution in [1.29, 1.82) is 5.26 Å². The van der Waals surface area contributed by atoms with Gasteiger partial charge in [0.05, 0.1) is 12.5 Å². The third-order valence-corrected chi connectivity index (χ3v) is 3.13. The van der Waals surface area contributed by atoms with Gasteiger partial charge in [-0.25, -0.2) is 0 Å². The smallest absolute Gasteiger partial charge is 0.255 e. The van der Waals surface area contributed by atoms with E-state index in [1.165, 1.54) is 0 Å². The van der Waals surface area contributed by atoms with Crippen LogP contribution in [0.1, 0.15) is 57.2 Å². The lowest BCUT2D eigenvalue weighted by molar-refractivity contribution is 0.550. The van der Waals surface area contributed by atoms with E-state index in [2.05, 4.69) is 26.8 Å². The first-order chi connectivity index (χ1) is 8.61. The van der Waals surface area contributed by atoms with Crippen LogP contribution in [-0.2, 0) is 13.0 Å². The van der Waals surface area contributed by atoms with Crippen molar-refractivity contribution < 1.29 is 0 Å². The highest BCUT2D eigenvalue weighted by Crippen LogP contribution is 2.14. The molecule has 0 N–H and O–H groups in total. The number of rotatable bonds is 6. The third-order valence-electron chi connectivity index (χ3n) is 3.13. The van der Waals surface area contributed by atoms with Crippen molar-refractivity contribution in [1.82, 2.24) is 4.57 Å². The summed E-state index contributed by atoms with van der Waals surface area (Å²) in [6, 6.07) is 5.85. The Morgan fingerprint density at radius 2 is 2.06 bits per heavy atom. The van der Waals surface area contributed by atoms with Gasteiger partial charge < -0.3 is 4.57 Å². The SMILES string of the molecule is CCCCCn1c(C(C)C)ccc(CC#N)c1=O. The molecule has 1 rings (SSSR count). The lowest BCUT2D eigenvalue weighted by atomic mass is 10.1. The number of hydrogen-bond donors (Lipinski definition) is 0. The predicted molar refractivity (Wildman–Crippen MR) is 73.6 cm³/mol. The summed E-state index contributed by atoms with van der Waals surface area (Å²) < 4.78 is 1.85. The van der Waals surface area contributed by atoms with Crippen LogP contribution in [0.5, 0.6) is 0 Å². The molecule has 0 aliphatic carbocycles. The Labute approximate surface area is 109 Å². The van der Waals surface area contributed by atoms with Crippen LogP contribution in [0.4, 0.5) is 0 Å². The second-order valence-electron chi connectivity index (χ2n) is 4.94. The lowest BCUT2D eigenvalue weighted by Gasteiger charge is -2.16. The molecule has 1 aromatic rings. The van der Waals surface area contributed by atoms with E-state index in [9.17, 15) is 4.79 Å². The molecule has 3 heteroatoms. The number of pyridine rings is 1. The Balaban J connectivity index is 3.11. The van der Waals surface area contributed by atoms with Gasteiger partial charge >= 0.3 is 0 Å². The summed E-state index contributed by atoms with van der Waals surface area (Å²) in [5.41, 5.74) is 1.69. The van der Waals surface area contributed by atoms with E-state index in [1.54, 1.807) is 6.07 Å². The average Bonchev–Trinajstić information content (AvgIpc) is 2.33. The lowest BCUT2D eigenvalue weighted by Crippen LogP contribution is -2.27. The van der Waals surface area contributed by atoms with Crippen molar-refractivity contribution in [3.63, 3.8) is 0 Å². The summed E-state index contributed by atoms with van der Waals surface area (Å²) in [7, 11) is 0. The minimum atomic E-state index is 0.0128. The van der Waals surface area contributed by atoms with Gasteiger partial charge in [0, 0.05) is 17.8 Å². The predicted octanol–water partition coefficient (Wildman–Crippen LogP) is 3.23. The van der Waals surface area contributed by atoms with Crippen molar-refractivity contribution in [2.24, 2.45) is 0 Å². The van der Waals surface area contributed by atoms with Gasteiger partial charge in [0.2, 0.25) is 0 Å². The van der Waals surface area contributed by atoms with Gasteiger partial charge in [-0.05, 0) is 18.4 Å². The maximum Gasteiger partial charge on any atom is 0.255 e. The topological polar surface area (TPSA) is 45.8 Å². The van der Waals surface area contributed by atoms with Gasteiger partial charge in [0.15, 0.2) is 0 Å². The second kappa shape index (κ2) is 7.00. The Hall–Kier alpha value is -1.56. The molecule has 0 radical (unpaired) electrons. The number of nitrogens with zero attached hydrogens (tertiary/aromatic N) is 2. The zero-order chi connectivity index (χ0) is 13.5. The van der Waals surface area contributed by atoms with Gasteiger partial charge in [-0.1, -0.05) is 39.7 Å². The van der Waals surface area contributed by atoms with Crippen LogP contribution in [0.3, 0.4) is 0 Å². The first-order valence-corrected chi connectivity index (χ1v) is 6.71. The number of aromatic nitrogens is 1. The van der Waals surface area contributed by atoms with E-state index in [4.69, 9.17) is 5.26 Å². The van der Waals surface area contributed by atoms with E-state index in [1.807, 2.05) is 10.6 Å². The van der Waals surface area contributed by atoms with Gasteiger partial charge in [-0.2, -0.15) is 5.26 Å². The van der Waals surface area contributed by atoms with Crippen molar-refractivity contribution in [2.75, 3.05) is 0 Å². The first-order valence-electron chi connectivity index (χ1n) is 6.71. The molecular weight excluding hydrogens is 224 g/mol. The van der Waals surface area contributed by atoms with Crippen molar-refractivity contribution in [3.8, 4) is 6.07 Å². The molecule has 1 aromatic heterocycles. The fraction of sp³-hybridized carbons (Fsp3) is 0.600. The molecule has 0 amide bonds. The van der Waals surface area contributed by atoms with E-state index in [-0.39, 0.29) is 12.0 Å². The van der Waals surface area contributed by atoms with Gasteiger partial charge in [0.1, 0.15) is 0 Å². The minimum absolute atomic E-state index is 0.0128. The van der Waals surface area contributed by atoms with Crippen molar-refractivity contribution >= 4 is 0 Å². The average molecular weight is 246 g/mol. The summed E-state index contributed by atoms with van der Waals surface area (Å²) in [4.78, 5) is 12.3. The zero-order valence-electron chi connectivity index (χ0n) is 11.6. The van der Waals surface area contributed by atoms with Crippen LogP contribution < -0.4 is 5.56 Å². The Morgan fingerprint density at radius 3 is 2.61 bits per heavy atom. The van der Waals surface area contributed by atoms with Crippen LogP contribution in [0.15, 0.2) is 16.9 Å². The van der Waals surface area contributed by atoms with E-state index < -0.39 is 0 Å². The van der Waals surface area contributed by atoms with Gasteiger partial charge in [0.25, 0.3) is 5.56 Å². The number of unbranched alkanes of at least 4 members (excludes halogenated alkanes) is 2. The van der Waals surface area contributed by atoms with E-state index in [0.717, 1.165) is 31.5 Å². The largest absolute Gasteiger partial charge is 0.312 e. The quantitative estimate of drug-likeness (QED) is 0.723. The molecule has 98 valence electrons. The Kier molecular flexibility index (Phi) is 5.64.